The lowest BCUT2D eigenvalue weighted by atomic mass is 10.2. The molecule has 114 valence electrons. The molecule has 2 aromatic rings. The van der Waals surface area contributed by atoms with Crippen LogP contribution in [0.5, 0.6) is 0 Å². The molecule has 0 fully saturated rings. The molecule has 2 N–H and O–H groups in total. The molecule has 0 aliphatic rings. The zero-order chi connectivity index (χ0) is 15.8. The Morgan fingerprint density at radius 2 is 1.91 bits per heavy atom. The Morgan fingerprint density at radius 1 is 1.18 bits per heavy atom. The summed E-state index contributed by atoms with van der Waals surface area (Å²) in [5, 5.41) is 17.1. The average molecular weight is 299 g/mol. The van der Waals surface area contributed by atoms with Crippen LogP contribution in [0.4, 0.5) is 5.69 Å². The predicted octanol–water partition coefficient (Wildman–Crippen LogP) is 1.85. The predicted molar refractivity (Wildman–Crippen MR) is 84.4 cm³/mol. The quantitative estimate of drug-likeness (QED) is 0.380. The van der Waals surface area contributed by atoms with Gasteiger partial charge in [0.25, 0.3) is 5.69 Å². The standard InChI is InChI=1S/C15H17N5O2/c1-16-15(19-11-13-7-4-5-9-17-13)18-10-12-6-2-3-8-14(12)20(21)22/h2-9H,10-11H2,1H3,(H2,16,18,19). The van der Waals surface area contributed by atoms with E-state index >= 15 is 0 Å². The monoisotopic (exact) mass is 299 g/mol. The van der Waals surface area contributed by atoms with Crippen LogP contribution >= 0.6 is 0 Å². The van der Waals surface area contributed by atoms with Crippen LogP contribution in [0, 0.1) is 10.1 Å². The van der Waals surface area contributed by atoms with Crippen molar-refractivity contribution in [1.29, 1.82) is 0 Å². The minimum Gasteiger partial charge on any atom is -0.352 e. The van der Waals surface area contributed by atoms with Crippen molar-refractivity contribution in [2.75, 3.05) is 7.05 Å². The molecule has 1 aromatic carbocycles. The molecule has 0 saturated carbocycles. The van der Waals surface area contributed by atoms with Gasteiger partial charge in [0.05, 0.1) is 17.2 Å². The van der Waals surface area contributed by atoms with Crippen molar-refractivity contribution in [2.45, 2.75) is 13.1 Å². The number of hydrogen-bond acceptors (Lipinski definition) is 4. The van der Waals surface area contributed by atoms with Gasteiger partial charge in [-0.25, -0.2) is 0 Å². The van der Waals surface area contributed by atoms with Gasteiger partial charge in [0, 0.05) is 31.4 Å². The second kappa shape index (κ2) is 7.72. The molecule has 0 atom stereocenters. The summed E-state index contributed by atoms with van der Waals surface area (Å²) in [7, 11) is 1.65. The third kappa shape index (κ3) is 4.27. The van der Waals surface area contributed by atoms with Gasteiger partial charge in [-0.15, -0.1) is 0 Å². The van der Waals surface area contributed by atoms with Crippen LogP contribution in [-0.4, -0.2) is 22.9 Å². The molecule has 0 aliphatic carbocycles. The van der Waals surface area contributed by atoms with Gasteiger partial charge in [0.15, 0.2) is 5.96 Å². The van der Waals surface area contributed by atoms with Crippen LogP contribution in [0.25, 0.3) is 0 Å². The molecule has 0 aliphatic heterocycles. The molecule has 2 rings (SSSR count). The van der Waals surface area contributed by atoms with Crippen LogP contribution in [-0.2, 0) is 13.1 Å². The third-order valence-electron chi connectivity index (χ3n) is 3.02. The number of nitro benzene ring substituents is 1. The number of nitro groups is 1. The van der Waals surface area contributed by atoms with Gasteiger partial charge in [-0.1, -0.05) is 24.3 Å². The van der Waals surface area contributed by atoms with Crippen molar-refractivity contribution in [2.24, 2.45) is 4.99 Å². The number of nitrogens with zero attached hydrogens (tertiary/aromatic N) is 3. The number of aliphatic imine (C=N–C) groups is 1. The van der Waals surface area contributed by atoms with E-state index < -0.39 is 0 Å². The number of guanidine groups is 1. The van der Waals surface area contributed by atoms with Crippen LogP contribution < -0.4 is 10.6 Å². The fourth-order valence-electron chi connectivity index (χ4n) is 1.91. The Hall–Kier alpha value is -2.96. The highest BCUT2D eigenvalue weighted by Gasteiger charge is 2.12. The first-order valence-electron chi connectivity index (χ1n) is 6.77. The van der Waals surface area contributed by atoms with Crippen LogP contribution in [0.3, 0.4) is 0 Å². The number of hydrogen-bond donors (Lipinski definition) is 2. The largest absolute Gasteiger partial charge is 0.352 e. The van der Waals surface area contributed by atoms with E-state index in [2.05, 4.69) is 20.6 Å². The molecule has 7 nitrogen and oxygen atoms in total. The van der Waals surface area contributed by atoms with E-state index in [0.717, 1.165) is 5.69 Å². The van der Waals surface area contributed by atoms with Crippen LogP contribution in [0.1, 0.15) is 11.3 Å². The molecule has 0 saturated heterocycles. The van der Waals surface area contributed by atoms with E-state index in [1.165, 1.54) is 6.07 Å². The van der Waals surface area contributed by atoms with E-state index in [9.17, 15) is 10.1 Å². The summed E-state index contributed by atoms with van der Waals surface area (Å²) in [6.07, 6.45) is 1.72. The molecule has 7 heteroatoms. The maximum Gasteiger partial charge on any atom is 0.274 e. The van der Waals surface area contributed by atoms with Gasteiger partial charge in [-0.05, 0) is 12.1 Å². The van der Waals surface area contributed by atoms with E-state index in [1.807, 2.05) is 18.2 Å². The highest BCUT2D eigenvalue weighted by atomic mass is 16.6. The second-order valence-electron chi connectivity index (χ2n) is 4.49. The summed E-state index contributed by atoms with van der Waals surface area (Å²) in [6.45, 7) is 0.844. The topological polar surface area (TPSA) is 92.5 Å². The summed E-state index contributed by atoms with van der Waals surface area (Å²) in [5.41, 5.74) is 1.58. The molecule has 1 aromatic heterocycles. The SMILES string of the molecule is CN=C(NCc1ccccn1)NCc1ccccc1[N+](=O)[O-]. The zero-order valence-corrected chi connectivity index (χ0v) is 12.2. The fraction of sp³-hybridized carbons (Fsp3) is 0.200. The van der Waals surface area contributed by atoms with Gasteiger partial charge >= 0.3 is 0 Å². The lowest BCUT2D eigenvalue weighted by Gasteiger charge is -2.11. The van der Waals surface area contributed by atoms with Crippen LogP contribution in [0.15, 0.2) is 53.7 Å². The summed E-state index contributed by atoms with van der Waals surface area (Å²) in [5.74, 6) is 0.559. The van der Waals surface area contributed by atoms with Gasteiger partial charge < -0.3 is 10.6 Å². The van der Waals surface area contributed by atoms with Gasteiger partial charge in [0.1, 0.15) is 0 Å². The Bertz CT molecular complexity index is 658. The van der Waals surface area contributed by atoms with Crippen molar-refractivity contribution in [1.82, 2.24) is 15.6 Å². The van der Waals surface area contributed by atoms with Crippen molar-refractivity contribution < 1.29 is 4.92 Å². The minimum atomic E-state index is -0.388. The number of benzene rings is 1. The van der Waals surface area contributed by atoms with Crippen molar-refractivity contribution in [3.05, 3.63) is 70.0 Å². The number of aromatic nitrogens is 1. The van der Waals surface area contributed by atoms with E-state index in [1.54, 1.807) is 31.4 Å². The molecule has 1 heterocycles. The Morgan fingerprint density at radius 3 is 2.59 bits per heavy atom. The minimum absolute atomic E-state index is 0.0928. The Labute approximate surface area is 128 Å². The highest BCUT2D eigenvalue weighted by molar-refractivity contribution is 5.79. The number of rotatable bonds is 5. The third-order valence-corrected chi connectivity index (χ3v) is 3.02. The van der Waals surface area contributed by atoms with Crippen molar-refractivity contribution in [3.8, 4) is 0 Å². The Kier molecular flexibility index (Phi) is 5.42. The fourth-order valence-corrected chi connectivity index (χ4v) is 1.91. The van der Waals surface area contributed by atoms with Gasteiger partial charge in [0.2, 0.25) is 0 Å². The zero-order valence-electron chi connectivity index (χ0n) is 12.2. The molecule has 22 heavy (non-hydrogen) atoms. The number of pyridine rings is 1. The summed E-state index contributed by atoms with van der Waals surface area (Å²) in [4.78, 5) is 18.9. The van der Waals surface area contributed by atoms with E-state index in [0.29, 0.717) is 24.6 Å². The molecule has 0 unspecified atom stereocenters. The molecule has 0 spiro atoms. The summed E-state index contributed by atoms with van der Waals surface area (Å²) in [6, 6.07) is 12.3. The van der Waals surface area contributed by atoms with Crippen molar-refractivity contribution >= 4 is 11.6 Å². The second-order valence-corrected chi connectivity index (χ2v) is 4.49. The normalized spacial score (nSPS) is 11.0. The maximum atomic E-state index is 11.0. The molecule has 0 amide bonds. The maximum absolute atomic E-state index is 11.0. The van der Waals surface area contributed by atoms with Crippen LogP contribution in [0.2, 0.25) is 0 Å². The van der Waals surface area contributed by atoms with E-state index in [-0.39, 0.29) is 10.6 Å². The lowest BCUT2D eigenvalue weighted by molar-refractivity contribution is -0.385. The first-order valence-corrected chi connectivity index (χ1v) is 6.77. The molecular weight excluding hydrogens is 282 g/mol. The summed E-state index contributed by atoms with van der Waals surface area (Å²) < 4.78 is 0. The molecule has 0 radical (unpaired) electrons. The number of para-hydroxylation sites is 1. The van der Waals surface area contributed by atoms with E-state index in [4.69, 9.17) is 0 Å². The van der Waals surface area contributed by atoms with Gasteiger partial charge in [-0.2, -0.15) is 0 Å². The lowest BCUT2D eigenvalue weighted by Crippen LogP contribution is -2.36. The Balaban J connectivity index is 1.93. The van der Waals surface area contributed by atoms with Crippen molar-refractivity contribution in [3.63, 3.8) is 0 Å². The number of nitrogens with one attached hydrogen (secondary N) is 2. The average Bonchev–Trinajstić information content (AvgIpc) is 2.56. The highest BCUT2D eigenvalue weighted by Crippen LogP contribution is 2.16. The molecular formula is C15H17N5O2. The first-order chi connectivity index (χ1) is 10.7. The van der Waals surface area contributed by atoms with Gasteiger partial charge in [-0.3, -0.25) is 20.1 Å². The molecule has 0 bridgehead atoms. The summed E-state index contributed by atoms with van der Waals surface area (Å²) >= 11 is 0. The smallest absolute Gasteiger partial charge is 0.274 e. The first kappa shape index (κ1) is 15.4.